The molecule has 0 aromatic heterocycles. The first-order valence-corrected chi connectivity index (χ1v) is 8.05. The van der Waals surface area contributed by atoms with Crippen LogP contribution in [0.15, 0.2) is 29.3 Å². The van der Waals surface area contributed by atoms with Gasteiger partial charge in [-0.2, -0.15) is 0 Å². The van der Waals surface area contributed by atoms with Gasteiger partial charge in [0.25, 0.3) is 0 Å². The Morgan fingerprint density at radius 3 is 2.73 bits per heavy atom. The van der Waals surface area contributed by atoms with Gasteiger partial charge in [0, 0.05) is 18.7 Å². The fourth-order valence-corrected chi connectivity index (χ4v) is 2.97. The molecule has 6 nitrogen and oxygen atoms in total. The highest BCUT2D eigenvalue weighted by Crippen LogP contribution is 2.23. The topological polar surface area (TPSA) is 79.8 Å². The summed E-state index contributed by atoms with van der Waals surface area (Å²) >= 11 is 1.30. The maximum absolute atomic E-state index is 12.0. The molecular formula is C15H19N3O3S. The van der Waals surface area contributed by atoms with Crippen molar-refractivity contribution in [1.29, 1.82) is 0 Å². The lowest BCUT2D eigenvalue weighted by Crippen LogP contribution is -2.28. The summed E-state index contributed by atoms with van der Waals surface area (Å²) < 4.78 is 5.34. The SMILES string of the molecule is CCN=C1NC(=O)[C@@H](CC(=O)Nc2ccc(OCC)cc2)S1. The van der Waals surface area contributed by atoms with Crippen molar-refractivity contribution in [3.8, 4) is 5.75 Å². The number of benzene rings is 1. The Balaban J connectivity index is 1.87. The van der Waals surface area contributed by atoms with Gasteiger partial charge in [-0.1, -0.05) is 11.8 Å². The van der Waals surface area contributed by atoms with Crippen LogP contribution in [0.2, 0.25) is 0 Å². The number of rotatable bonds is 6. The van der Waals surface area contributed by atoms with E-state index in [2.05, 4.69) is 15.6 Å². The Morgan fingerprint density at radius 2 is 2.09 bits per heavy atom. The Labute approximate surface area is 133 Å². The minimum Gasteiger partial charge on any atom is -0.494 e. The molecule has 1 aliphatic rings. The van der Waals surface area contributed by atoms with E-state index in [0.717, 1.165) is 5.75 Å². The molecule has 2 amide bonds. The van der Waals surface area contributed by atoms with Crippen molar-refractivity contribution in [1.82, 2.24) is 5.32 Å². The van der Waals surface area contributed by atoms with E-state index in [-0.39, 0.29) is 18.2 Å². The van der Waals surface area contributed by atoms with Crippen LogP contribution in [-0.2, 0) is 9.59 Å². The summed E-state index contributed by atoms with van der Waals surface area (Å²) in [6.45, 7) is 5.01. The minimum absolute atomic E-state index is 0.118. The van der Waals surface area contributed by atoms with Gasteiger partial charge in [-0.15, -0.1) is 0 Å². The summed E-state index contributed by atoms with van der Waals surface area (Å²) in [7, 11) is 0. The van der Waals surface area contributed by atoms with E-state index in [0.29, 0.717) is 24.0 Å². The number of aliphatic imine (C=N–C) groups is 1. The molecule has 2 N–H and O–H groups in total. The van der Waals surface area contributed by atoms with Gasteiger partial charge in [0.1, 0.15) is 11.0 Å². The highest BCUT2D eigenvalue weighted by atomic mass is 32.2. The zero-order valence-electron chi connectivity index (χ0n) is 12.6. The lowest BCUT2D eigenvalue weighted by molar-refractivity contribution is -0.122. The summed E-state index contributed by atoms with van der Waals surface area (Å²) in [6, 6.07) is 7.13. The van der Waals surface area contributed by atoms with E-state index in [1.807, 2.05) is 13.8 Å². The number of anilines is 1. The number of carbonyl (C=O) groups excluding carboxylic acids is 2. The molecule has 118 valence electrons. The molecule has 0 spiro atoms. The predicted octanol–water partition coefficient (Wildman–Crippen LogP) is 2.02. The second kappa shape index (κ2) is 7.84. The molecule has 0 bridgehead atoms. The summed E-state index contributed by atoms with van der Waals surface area (Å²) in [5.74, 6) is 0.389. The van der Waals surface area contributed by atoms with Crippen molar-refractivity contribution in [2.45, 2.75) is 25.5 Å². The van der Waals surface area contributed by atoms with Gasteiger partial charge >= 0.3 is 0 Å². The van der Waals surface area contributed by atoms with Gasteiger partial charge in [-0.25, -0.2) is 0 Å². The molecule has 1 fully saturated rings. The van der Waals surface area contributed by atoms with E-state index < -0.39 is 5.25 Å². The van der Waals surface area contributed by atoms with Crippen molar-refractivity contribution in [2.75, 3.05) is 18.5 Å². The first-order valence-electron chi connectivity index (χ1n) is 7.17. The Morgan fingerprint density at radius 1 is 1.36 bits per heavy atom. The highest BCUT2D eigenvalue weighted by Gasteiger charge is 2.31. The van der Waals surface area contributed by atoms with Crippen LogP contribution in [0.25, 0.3) is 0 Å². The van der Waals surface area contributed by atoms with Crippen LogP contribution in [0, 0.1) is 0 Å². The first kappa shape index (κ1) is 16.4. The molecule has 1 aromatic rings. The standard InChI is InChI=1S/C15H19N3O3S/c1-3-16-15-18-14(20)12(22-15)9-13(19)17-10-5-7-11(8-6-10)21-4-2/h5-8,12H,3-4,9H2,1-2H3,(H,17,19)(H,16,18,20)/t12-/m1/s1. The van der Waals surface area contributed by atoms with E-state index in [9.17, 15) is 9.59 Å². The molecule has 0 radical (unpaired) electrons. The van der Waals surface area contributed by atoms with E-state index in [1.165, 1.54) is 11.8 Å². The highest BCUT2D eigenvalue weighted by molar-refractivity contribution is 8.15. The Hall–Kier alpha value is -2.02. The number of amidine groups is 1. The average molecular weight is 321 g/mol. The van der Waals surface area contributed by atoms with Crippen LogP contribution in [0.4, 0.5) is 5.69 Å². The first-order chi connectivity index (χ1) is 10.6. The molecule has 7 heteroatoms. The number of thioether (sulfide) groups is 1. The van der Waals surface area contributed by atoms with Crippen LogP contribution in [0.1, 0.15) is 20.3 Å². The molecule has 1 aromatic carbocycles. The number of amides is 2. The van der Waals surface area contributed by atoms with Gasteiger partial charge in [-0.3, -0.25) is 14.6 Å². The third-order valence-electron chi connectivity index (χ3n) is 2.90. The zero-order chi connectivity index (χ0) is 15.9. The normalized spacial score (nSPS) is 19.1. The van der Waals surface area contributed by atoms with Gasteiger partial charge in [0.05, 0.1) is 6.61 Å². The van der Waals surface area contributed by atoms with Gasteiger partial charge in [0.2, 0.25) is 11.8 Å². The second-order valence-electron chi connectivity index (χ2n) is 4.58. The van der Waals surface area contributed by atoms with Gasteiger partial charge < -0.3 is 15.4 Å². The number of nitrogens with zero attached hydrogens (tertiary/aromatic N) is 1. The Kier molecular flexibility index (Phi) is 5.83. The summed E-state index contributed by atoms with van der Waals surface area (Å²) in [6.07, 6.45) is 0.118. The van der Waals surface area contributed by atoms with Gasteiger partial charge in [0.15, 0.2) is 5.17 Å². The van der Waals surface area contributed by atoms with Crippen LogP contribution in [-0.4, -0.2) is 35.4 Å². The zero-order valence-corrected chi connectivity index (χ0v) is 13.4. The van der Waals surface area contributed by atoms with Crippen LogP contribution < -0.4 is 15.4 Å². The van der Waals surface area contributed by atoms with Gasteiger partial charge in [-0.05, 0) is 38.1 Å². The van der Waals surface area contributed by atoms with Crippen molar-refractivity contribution in [3.63, 3.8) is 0 Å². The number of nitrogens with one attached hydrogen (secondary N) is 2. The molecule has 0 aliphatic carbocycles. The number of hydrogen-bond donors (Lipinski definition) is 2. The summed E-state index contributed by atoms with van der Waals surface area (Å²) in [4.78, 5) is 27.9. The maximum atomic E-state index is 12.0. The van der Waals surface area contributed by atoms with Crippen LogP contribution in [0.3, 0.4) is 0 Å². The third-order valence-corrected chi connectivity index (χ3v) is 4.02. The molecule has 1 atom stereocenters. The lowest BCUT2D eigenvalue weighted by Gasteiger charge is -2.08. The van der Waals surface area contributed by atoms with Crippen molar-refractivity contribution < 1.29 is 14.3 Å². The van der Waals surface area contributed by atoms with E-state index in [4.69, 9.17) is 4.74 Å². The number of ether oxygens (including phenoxy) is 1. The Bertz CT molecular complexity index is 572. The molecule has 0 saturated carbocycles. The summed E-state index contributed by atoms with van der Waals surface area (Å²) in [5, 5.41) is 5.62. The van der Waals surface area contributed by atoms with Crippen molar-refractivity contribution >= 4 is 34.4 Å². The van der Waals surface area contributed by atoms with Crippen LogP contribution in [0.5, 0.6) is 5.75 Å². The molecule has 1 saturated heterocycles. The summed E-state index contributed by atoms with van der Waals surface area (Å²) in [5.41, 5.74) is 0.680. The van der Waals surface area contributed by atoms with Crippen molar-refractivity contribution in [3.05, 3.63) is 24.3 Å². The smallest absolute Gasteiger partial charge is 0.240 e. The minimum atomic E-state index is -0.423. The average Bonchev–Trinajstić information content (AvgIpc) is 2.81. The molecule has 22 heavy (non-hydrogen) atoms. The van der Waals surface area contributed by atoms with E-state index >= 15 is 0 Å². The lowest BCUT2D eigenvalue weighted by atomic mass is 10.2. The molecule has 1 heterocycles. The molecule has 2 rings (SSSR count). The third kappa shape index (κ3) is 4.49. The second-order valence-corrected chi connectivity index (χ2v) is 5.78. The largest absolute Gasteiger partial charge is 0.494 e. The molecular weight excluding hydrogens is 302 g/mol. The fourth-order valence-electron chi connectivity index (χ4n) is 1.94. The van der Waals surface area contributed by atoms with Crippen LogP contribution >= 0.6 is 11.8 Å². The maximum Gasteiger partial charge on any atom is 0.240 e. The van der Waals surface area contributed by atoms with Crippen molar-refractivity contribution in [2.24, 2.45) is 4.99 Å². The fraction of sp³-hybridized carbons (Fsp3) is 0.400. The quantitative estimate of drug-likeness (QED) is 0.840. The monoisotopic (exact) mass is 321 g/mol. The van der Waals surface area contributed by atoms with E-state index in [1.54, 1.807) is 24.3 Å². The number of hydrogen-bond acceptors (Lipinski definition) is 5. The predicted molar refractivity (Wildman–Crippen MR) is 88.4 cm³/mol. The number of carbonyl (C=O) groups is 2. The molecule has 1 aliphatic heterocycles. The molecule has 0 unspecified atom stereocenters.